The number of nitriles is 1. The van der Waals surface area contributed by atoms with Gasteiger partial charge >= 0.3 is 0 Å². The van der Waals surface area contributed by atoms with E-state index in [4.69, 9.17) is 10.00 Å². The summed E-state index contributed by atoms with van der Waals surface area (Å²) >= 11 is 0. The maximum Gasteiger partial charge on any atom is 0.166 e. The number of rotatable bonds is 2. The Balaban J connectivity index is 1.89. The molecule has 2 bridgehead atoms. The van der Waals surface area contributed by atoms with Crippen LogP contribution < -0.4 is 0 Å². The van der Waals surface area contributed by atoms with Crippen molar-refractivity contribution in [2.24, 2.45) is 5.92 Å². The van der Waals surface area contributed by atoms with E-state index in [1.165, 1.54) is 0 Å². The van der Waals surface area contributed by atoms with Gasteiger partial charge in [-0.3, -0.25) is 4.79 Å². The van der Waals surface area contributed by atoms with Crippen molar-refractivity contribution in [3.05, 3.63) is 34.4 Å². The van der Waals surface area contributed by atoms with Crippen LogP contribution in [0.25, 0.3) is 0 Å². The van der Waals surface area contributed by atoms with E-state index in [0.29, 0.717) is 5.56 Å². The van der Waals surface area contributed by atoms with Gasteiger partial charge in [0.05, 0.1) is 23.8 Å². The maximum absolute atomic E-state index is 12.8. The maximum atomic E-state index is 12.8. The van der Waals surface area contributed by atoms with Gasteiger partial charge in [0.25, 0.3) is 0 Å². The van der Waals surface area contributed by atoms with Gasteiger partial charge in [-0.15, -0.1) is 0 Å². The summed E-state index contributed by atoms with van der Waals surface area (Å²) in [5, 5.41) is 8.99. The van der Waals surface area contributed by atoms with Crippen molar-refractivity contribution in [1.82, 2.24) is 0 Å². The number of carbonyl (C=O) groups is 1. The van der Waals surface area contributed by atoms with Crippen LogP contribution >= 0.6 is 0 Å². The highest BCUT2D eigenvalue weighted by molar-refractivity contribution is 6.00. The smallest absolute Gasteiger partial charge is 0.166 e. The van der Waals surface area contributed by atoms with Gasteiger partial charge in [-0.1, -0.05) is 0 Å². The Labute approximate surface area is 119 Å². The molecular formula is C17H19NO2. The van der Waals surface area contributed by atoms with E-state index in [0.717, 1.165) is 42.4 Å². The van der Waals surface area contributed by atoms with Crippen molar-refractivity contribution in [2.75, 3.05) is 0 Å². The third-order valence-electron chi connectivity index (χ3n) is 4.57. The van der Waals surface area contributed by atoms with Crippen LogP contribution in [0.4, 0.5) is 0 Å². The fourth-order valence-corrected chi connectivity index (χ4v) is 3.69. The van der Waals surface area contributed by atoms with Gasteiger partial charge in [-0.25, -0.2) is 0 Å². The first kappa shape index (κ1) is 13.3. The predicted molar refractivity (Wildman–Crippen MR) is 75.6 cm³/mol. The number of hydrogen-bond donors (Lipinski definition) is 0. The fraction of sp³-hybridized carbons (Fsp3) is 0.529. The van der Waals surface area contributed by atoms with Crippen LogP contribution in [-0.2, 0) is 4.74 Å². The minimum Gasteiger partial charge on any atom is -0.375 e. The van der Waals surface area contributed by atoms with E-state index in [9.17, 15) is 4.79 Å². The Morgan fingerprint density at radius 2 is 1.75 bits per heavy atom. The first-order valence-electron chi connectivity index (χ1n) is 7.29. The summed E-state index contributed by atoms with van der Waals surface area (Å²) in [6.07, 6.45) is 4.46. The molecule has 2 atom stereocenters. The molecule has 0 N–H and O–H groups in total. The molecule has 0 aliphatic carbocycles. The molecule has 3 heteroatoms. The molecule has 2 heterocycles. The molecule has 2 saturated heterocycles. The number of aryl methyl sites for hydroxylation is 2. The predicted octanol–water partition coefficient (Wildman–Crippen LogP) is 3.32. The Bertz CT molecular complexity index is 564. The lowest BCUT2D eigenvalue weighted by Crippen LogP contribution is -2.30. The quantitative estimate of drug-likeness (QED) is 0.774. The van der Waals surface area contributed by atoms with Gasteiger partial charge in [0, 0.05) is 11.5 Å². The number of benzene rings is 1. The highest BCUT2D eigenvalue weighted by atomic mass is 16.5. The highest BCUT2D eigenvalue weighted by Crippen LogP contribution is 2.38. The summed E-state index contributed by atoms with van der Waals surface area (Å²) < 4.78 is 5.82. The number of fused-ring (bicyclic) bond motifs is 2. The van der Waals surface area contributed by atoms with E-state index < -0.39 is 0 Å². The number of carbonyl (C=O) groups excluding carboxylic acids is 1. The summed E-state index contributed by atoms with van der Waals surface area (Å²) in [5.41, 5.74) is 3.29. The molecular weight excluding hydrogens is 250 g/mol. The second-order valence-corrected chi connectivity index (χ2v) is 6.09. The number of ketones is 1. The second-order valence-electron chi connectivity index (χ2n) is 6.09. The molecule has 0 saturated carbocycles. The standard InChI is InChI=1S/C17H19NO2/c1-10-5-12(9-18)6-11(2)16(10)17(19)13-7-14-3-4-15(8-13)20-14/h5-6,13-15H,3-4,7-8H2,1-2H3. The topological polar surface area (TPSA) is 50.1 Å². The molecule has 3 rings (SSSR count). The van der Waals surface area contributed by atoms with Crippen LogP contribution in [0.5, 0.6) is 0 Å². The highest BCUT2D eigenvalue weighted by Gasteiger charge is 2.38. The molecule has 1 aromatic carbocycles. The van der Waals surface area contributed by atoms with Crippen molar-refractivity contribution >= 4 is 5.78 Å². The Kier molecular flexibility index (Phi) is 3.35. The molecule has 0 radical (unpaired) electrons. The molecule has 2 aliphatic heterocycles. The van der Waals surface area contributed by atoms with Crippen LogP contribution in [0.3, 0.4) is 0 Å². The minimum absolute atomic E-state index is 0.0894. The molecule has 20 heavy (non-hydrogen) atoms. The van der Waals surface area contributed by atoms with Crippen molar-refractivity contribution in [3.63, 3.8) is 0 Å². The van der Waals surface area contributed by atoms with Crippen molar-refractivity contribution in [2.45, 2.75) is 51.7 Å². The van der Waals surface area contributed by atoms with Gasteiger partial charge in [-0.2, -0.15) is 5.26 Å². The van der Waals surface area contributed by atoms with Crippen LogP contribution in [0, 0.1) is 31.1 Å². The summed E-state index contributed by atoms with van der Waals surface area (Å²) in [6, 6.07) is 5.77. The molecule has 2 aliphatic rings. The Hall–Kier alpha value is -1.66. The van der Waals surface area contributed by atoms with E-state index in [-0.39, 0.29) is 23.9 Å². The third kappa shape index (κ3) is 2.25. The normalized spacial score (nSPS) is 28.1. The van der Waals surface area contributed by atoms with Crippen molar-refractivity contribution in [1.29, 1.82) is 5.26 Å². The largest absolute Gasteiger partial charge is 0.375 e. The Morgan fingerprint density at radius 3 is 2.25 bits per heavy atom. The molecule has 1 aromatic rings. The first-order chi connectivity index (χ1) is 9.58. The average molecular weight is 269 g/mol. The summed E-state index contributed by atoms with van der Waals surface area (Å²) in [5.74, 6) is 0.330. The van der Waals surface area contributed by atoms with Crippen molar-refractivity contribution < 1.29 is 9.53 Å². The monoisotopic (exact) mass is 269 g/mol. The van der Waals surface area contributed by atoms with Gasteiger partial charge in [0.2, 0.25) is 0 Å². The van der Waals surface area contributed by atoms with Crippen LogP contribution in [0.15, 0.2) is 12.1 Å². The van der Waals surface area contributed by atoms with Gasteiger partial charge in [0.15, 0.2) is 5.78 Å². The zero-order valence-corrected chi connectivity index (χ0v) is 12.0. The molecule has 2 fully saturated rings. The summed E-state index contributed by atoms with van der Waals surface area (Å²) in [4.78, 5) is 12.8. The van der Waals surface area contributed by atoms with E-state index in [2.05, 4.69) is 6.07 Å². The van der Waals surface area contributed by atoms with Crippen LogP contribution in [0.1, 0.15) is 52.7 Å². The zero-order chi connectivity index (χ0) is 14.3. The van der Waals surface area contributed by atoms with Crippen LogP contribution in [0.2, 0.25) is 0 Å². The lowest BCUT2D eigenvalue weighted by molar-refractivity contribution is -0.0149. The number of Topliss-reactive ketones (excluding diaryl/α,β-unsaturated/α-hetero) is 1. The molecule has 104 valence electrons. The first-order valence-corrected chi connectivity index (χ1v) is 7.29. The van der Waals surface area contributed by atoms with Gasteiger partial charge in [-0.05, 0) is 62.8 Å². The lowest BCUT2D eigenvalue weighted by atomic mass is 9.84. The molecule has 0 amide bonds. The summed E-state index contributed by atoms with van der Waals surface area (Å²) in [7, 11) is 0. The van der Waals surface area contributed by atoms with E-state index in [1.54, 1.807) is 0 Å². The van der Waals surface area contributed by atoms with Crippen molar-refractivity contribution in [3.8, 4) is 6.07 Å². The molecule has 3 nitrogen and oxygen atoms in total. The van der Waals surface area contributed by atoms with E-state index in [1.807, 2.05) is 26.0 Å². The second kappa shape index (κ2) is 5.03. The summed E-state index contributed by atoms with van der Waals surface area (Å²) in [6.45, 7) is 3.85. The zero-order valence-electron chi connectivity index (χ0n) is 12.0. The lowest BCUT2D eigenvalue weighted by Gasteiger charge is -2.28. The van der Waals surface area contributed by atoms with Gasteiger partial charge < -0.3 is 4.74 Å². The van der Waals surface area contributed by atoms with Crippen LogP contribution in [-0.4, -0.2) is 18.0 Å². The van der Waals surface area contributed by atoms with E-state index >= 15 is 0 Å². The van der Waals surface area contributed by atoms with Gasteiger partial charge in [0.1, 0.15) is 0 Å². The molecule has 0 spiro atoms. The third-order valence-corrected chi connectivity index (χ3v) is 4.57. The number of hydrogen-bond acceptors (Lipinski definition) is 3. The fourth-order valence-electron chi connectivity index (χ4n) is 3.69. The SMILES string of the molecule is Cc1cc(C#N)cc(C)c1C(=O)C1CC2CCC(C1)O2. The Morgan fingerprint density at radius 1 is 1.20 bits per heavy atom. The minimum atomic E-state index is 0.0894. The average Bonchev–Trinajstić information content (AvgIpc) is 2.76. The number of nitrogens with zero attached hydrogens (tertiary/aromatic N) is 1. The molecule has 2 unspecified atom stereocenters. The number of ether oxygens (including phenoxy) is 1. The molecule has 0 aromatic heterocycles.